The first-order chi connectivity index (χ1) is 4.31. The number of hydrogen-bond donors (Lipinski definition) is 1. The molecule has 2 nitrogen and oxygen atoms in total. The van der Waals surface area contributed by atoms with Crippen molar-refractivity contribution in [3.8, 4) is 0 Å². The predicted molar refractivity (Wildman–Crippen MR) is 38.1 cm³/mol. The first-order valence-electron chi connectivity index (χ1n) is 3.14. The number of carbonyl (C=O) groups excluding carboxylic acids is 1. The second-order valence-electron chi connectivity index (χ2n) is 1.96. The minimum Gasteiger partial charge on any atom is -0.355 e. The molecular formula is C7H13NO. The SMILES string of the molecule is CCC=C(C)CNC=O. The molecule has 9 heavy (non-hydrogen) atoms. The van der Waals surface area contributed by atoms with Crippen LogP contribution in [0.2, 0.25) is 0 Å². The van der Waals surface area contributed by atoms with Gasteiger partial charge in [-0.2, -0.15) is 0 Å². The molecule has 52 valence electrons. The lowest BCUT2D eigenvalue weighted by Crippen LogP contribution is -2.12. The topological polar surface area (TPSA) is 29.1 Å². The Hall–Kier alpha value is -0.790. The van der Waals surface area contributed by atoms with Crippen molar-refractivity contribution in [1.29, 1.82) is 0 Å². The summed E-state index contributed by atoms with van der Waals surface area (Å²) in [7, 11) is 0. The second kappa shape index (κ2) is 5.35. The van der Waals surface area contributed by atoms with Gasteiger partial charge in [-0.05, 0) is 13.3 Å². The molecule has 1 N–H and O–H groups in total. The van der Waals surface area contributed by atoms with E-state index in [0.29, 0.717) is 13.0 Å². The molecule has 0 aliphatic rings. The van der Waals surface area contributed by atoms with E-state index in [1.54, 1.807) is 0 Å². The van der Waals surface area contributed by atoms with Crippen molar-refractivity contribution in [3.63, 3.8) is 0 Å². The zero-order valence-electron chi connectivity index (χ0n) is 5.98. The summed E-state index contributed by atoms with van der Waals surface area (Å²) in [6.45, 7) is 4.75. The van der Waals surface area contributed by atoms with Gasteiger partial charge >= 0.3 is 0 Å². The fourth-order valence-corrected chi connectivity index (χ4v) is 0.623. The summed E-state index contributed by atoms with van der Waals surface area (Å²) < 4.78 is 0. The third kappa shape index (κ3) is 5.07. The Kier molecular flexibility index (Phi) is 4.88. The van der Waals surface area contributed by atoms with Crippen molar-refractivity contribution in [1.82, 2.24) is 5.32 Å². The number of hydrogen-bond acceptors (Lipinski definition) is 1. The molecule has 0 aromatic rings. The van der Waals surface area contributed by atoms with E-state index in [0.717, 1.165) is 6.42 Å². The summed E-state index contributed by atoms with van der Waals surface area (Å²) in [5.74, 6) is 0. The lowest BCUT2D eigenvalue weighted by atomic mass is 10.2. The van der Waals surface area contributed by atoms with Gasteiger partial charge in [0.1, 0.15) is 0 Å². The highest BCUT2D eigenvalue weighted by Gasteiger charge is 1.83. The first-order valence-corrected chi connectivity index (χ1v) is 3.14. The second-order valence-corrected chi connectivity index (χ2v) is 1.96. The minimum absolute atomic E-state index is 0.678. The van der Waals surface area contributed by atoms with Crippen LogP contribution in [0.5, 0.6) is 0 Å². The molecule has 0 saturated heterocycles. The van der Waals surface area contributed by atoms with E-state index < -0.39 is 0 Å². The third-order valence-corrected chi connectivity index (χ3v) is 1.02. The lowest BCUT2D eigenvalue weighted by Gasteiger charge is -1.96. The molecule has 0 unspecified atom stereocenters. The molecule has 0 atom stereocenters. The maximum Gasteiger partial charge on any atom is 0.207 e. The fraction of sp³-hybridized carbons (Fsp3) is 0.571. The molecule has 0 radical (unpaired) electrons. The van der Waals surface area contributed by atoms with Crippen LogP contribution in [0.3, 0.4) is 0 Å². The smallest absolute Gasteiger partial charge is 0.207 e. The first kappa shape index (κ1) is 8.21. The van der Waals surface area contributed by atoms with Gasteiger partial charge in [-0.25, -0.2) is 0 Å². The number of carbonyl (C=O) groups is 1. The summed E-state index contributed by atoms with van der Waals surface area (Å²) in [6, 6.07) is 0. The van der Waals surface area contributed by atoms with E-state index in [4.69, 9.17) is 0 Å². The normalized spacial score (nSPS) is 11.1. The van der Waals surface area contributed by atoms with Gasteiger partial charge in [-0.3, -0.25) is 4.79 Å². The molecule has 0 aromatic heterocycles. The van der Waals surface area contributed by atoms with E-state index in [-0.39, 0.29) is 0 Å². The van der Waals surface area contributed by atoms with Crippen LogP contribution in [0.1, 0.15) is 20.3 Å². The van der Waals surface area contributed by atoms with E-state index in [9.17, 15) is 4.79 Å². The van der Waals surface area contributed by atoms with E-state index >= 15 is 0 Å². The molecule has 0 rings (SSSR count). The fourth-order valence-electron chi connectivity index (χ4n) is 0.623. The van der Waals surface area contributed by atoms with Crippen LogP contribution in [-0.2, 0) is 4.79 Å². The molecule has 2 heteroatoms. The van der Waals surface area contributed by atoms with E-state index in [1.165, 1.54) is 5.57 Å². The third-order valence-electron chi connectivity index (χ3n) is 1.02. The standard InChI is InChI=1S/C7H13NO/c1-3-4-7(2)5-8-6-9/h4,6H,3,5H2,1-2H3,(H,8,9). The van der Waals surface area contributed by atoms with Crippen LogP contribution in [0.25, 0.3) is 0 Å². The van der Waals surface area contributed by atoms with Crippen molar-refractivity contribution >= 4 is 6.41 Å². The quantitative estimate of drug-likeness (QED) is 0.444. The van der Waals surface area contributed by atoms with Crippen molar-refractivity contribution in [3.05, 3.63) is 11.6 Å². The molecule has 0 heterocycles. The molecule has 0 fully saturated rings. The van der Waals surface area contributed by atoms with Crippen LogP contribution in [0, 0.1) is 0 Å². The molecule has 0 spiro atoms. The molecule has 1 amide bonds. The predicted octanol–water partition coefficient (Wildman–Crippen LogP) is 1.09. The highest BCUT2D eigenvalue weighted by Crippen LogP contribution is 1.90. The van der Waals surface area contributed by atoms with Crippen molar-refractivity contribution in [2.45, 2.75) is 20.3 Å². The van der Waals surface area contributed by atoms with Gasteiger partial charge in [0.15, 0.2) is 0 Å². The molecule has 0 aromatic carbocycles. The number of amides is 1. The summed E-state index contributed by atoms with van der Waals surface area (Å²) in [5.41, 5.74) is 1.21. The number of rotatable bonds is 4. The van der Waals surface area contributed by atoms with E-state index in [2.05, 4.69) is 18.3 Å². The largest absolute Gasteiger partial charge is 0.355 e. The van der Waals surface area contributed by atoms with Gasteiger partial charge in [-0.1, -0.05) is 18.6 Å². The lowest BCUT2D eigenvalue weighted by molar-refractivity contribution is -0.109. The zero-order chi connectivity index (χ0) is 7.11. The summed E-state index contributed by atoms with van der Waals surface area (Å²) in [5, 5.41) is 2.58. The van der Waals surface area contributed by atoms with Crippen LogP contribution in [-0.4, -0.2) is 13.0 Å². The number of nitrogens with one attached hydrogen (secondary N) is 1. The van der Waals surface area contributed by atoms with Gasteiger partial charge in [0.25, 0.3) is 0 Å². The molecule has 0 aliphatic heterocycles. The summed E-state index contributed by atoms with van der Waals surface area (Å²) >= 11 is 0. The average Bonchev–Trinajstić information content (AvgIpc) is 1.85. The summed E-state index contributed by atoms with van der Waals surface area (Å²) in [6.07, 6.45) is 3.84. The van der Waals surface area contributed by atoms with Crippen molar-refractivity contribution in [2.75, 3.05) is 6.54 Å². The van der Waals surface area contributed by atoms with Crippen LogP contribution in [0.15, 0.2) is 11.6 Å². The average molecular weight is 127 g/mol. The monoisotopic (exact) mass is 127 g/mol. The molecule has 0 saturated carbocycles. The maximum atomic E-state index is 9.78. The van der Waals surface area contributed by atoms with Crippen LogP contribution < -0.4 is 5.32 Å². The Morgan fingerprint density at radius 3 is 2.78 bits per heavy atom. The van der Waals surface area contributed by atoms with Crippen LogP contribution >= 0.6 is 0 Å². The van der Waals surface area contributed by atoms with Gasteiger partial charge in [0, 0.05) is 6.54 Å². The van der Waals surface area contributed by atoms with Gasteiger partial charge in [-0.15, -0.1) is 0 Å². The molecule has 0 aliphatic carbocycles. The molecule has 0 bridgehead atoms. The van der Waals surface area contributed by atoms with Crippen molar-refractivity contribution in [2.24, 2.45) is 0 Å². The van der Waals surface area contributed by atoms with Crippen molar-refractivity contribution < 1.29 is 4.79 Å². The zero-order valence-corrected chi connectivity index (χ0v) is 5.98. The Bertz CT molecular complexity index is 107. The minimum atomic E-state index is 0.678. The molecular weight excluding hydrogens is 114 g/mol. The number of allylic oxidation sites excluding steroid dienone is 1. The Morgan fingerprint density at radius 1 is 1.67 bits per heavy atom. The van der Waals surface area contributed by atoms with Crippen LogP contribution in [0.4, 0.5) is 0 Å². The van der Waals surface area contributed by atoms with Gasteiger partial charge in [0.2, 0.25) is 6.41 Å². The van der Waals surface area contributed by atoms with Gasteiger partial charge in [0.05, 0.1) is 0 Å². The Labute approximate surface area is 56.0 Å². The van der Waals surface area contributed by atoms with E-state index in [1.807, 2.05) is 6.92 Å². The summed E-state index contributed by atoms with van der Waals surface area (Å²) in [4.78, 5) is 9.78. The highest BCUT2D eigenvalue weighted by molar-refractivity contribution is 5.46. The maximum absolute atomic E-state index is 9.78. The highest BCUT2D eigenvalue weighted by atomic mass is 16.1. The Morgan fingerprint density at radius 2 is 2.33 bits per heavy atom. The Balaban J connectivity index is 3.36. The van der Waals surface area contributed by atoms with Gasteiger partial charge < -0.3 is 5.32 Å².